The smallest absolute Gasteiger partial charge is 0.251 e. The third kappa shape index (κ3) is 4.20. The zero-order chi connectivity index (χ0) is 18.9. The maximum absolute atomic E-state index is 12.5. The topological polar surface area (TPSA) is 76.1 Å². The standard InChI is InChI=1S/C18H18N2O3S3/c1-11-4-6-14(26(3,22)23)8-15(11)18(21)19-9-13-5-7-17(25-13)16-10-24-12(2)20-16/h4-8,10H,9H2,1-3H3,(H,19,21). The number of aryl methyl sites for hydroxylation is 2. The van der Waals surface area contributed by atoms with Crippen molar-refractivity contribution in [2.45, 2.75) is 25.3 Å². The first-order valence-corrected chi connectivity index (χ1v) is 11.4. The van der Waals surface area contributed by atoms with Crippen molar-refractivity contribution in [2.75, 3.05) is 6.26 Å². The Morgan fingerprint density at radius 3 is 2.62 bits per heavy atom. The molecule has 8 heteroatoms. The molecule has 0 spiro atoms. The van der Waals surface area contributed by atoms with Crippen molar-refractivity contribution in [3.63, 3.8) is 0 Å². The minimum Gasteiger partial charge on any atom is -0.347 e. The highest BCUT2D eigenvalue weighted by atomic mass is 32.2. The van der Waals surface area contributed by atoms with Crippen molar-refractivity contribution in [1.82, 2.24) is 10.3 Å². The molecular weight excluding hydrogens is 388 g/mol. The lowest BCUT2D eigenvalue weighted by Gasteiger charge is -2.08. The van der Waals surface area contributed by atoms with Crippen LogP contribution in [-0.4, -0.2) is 25.6 Å². The van der Waals surface area contributed by atoms with Crippen molar-refractivity contribution >= 4 is 38.4 Å². The lowest BCUT2D eigenvalue weighted by molar-refractivity contribution is 0.0950. The van der Waals surface area contributed by atoms with Gasteiger partial charge in [0.15, 0.2) is 9.84 Å². The number of benzene rings is 1. The van der Waals surface area contributed by atoms with Crippen LogP contribution in [0.25, 0.3) is 10.6 Å². The summed E-state index contributed by atoms with van der Waals surface area (Å²) in [7, 11) is -3.35. The lowest BCUT2D eigenvalue weighted by Crippen LogP contribution is -2.23. The average Bonchev–Trinajstić information content (AvgIpc) is 3.20. The van der Waals surface area contributed by atoms with Crippen LogP contribution < -0.4 is 5.32 Å². The Balaban J connectivity index is 1.73. The van der Waals surface area contributed by atoms with Gasteiger partial charge in [-0.3, -0.25) is 4.79 Å². The first-order valence-electron chi connectivity index (χ1n) is 7.84. The highest BCUT2D eigenvalue weighted by Gasteiger charge is 2.15. The molecule has 1 amide bonds. The molecule has 0 aliphatic heterocycles. The van der Waals surface area contributed by atoms with E-state index in [1.807, 2.05) is 24.4 Å². The summed E-state index contributed by atoms with van der Waals surface area (Å²) in [4.78, 5) is 19.2. The van der Waals surface area contributed by atoms with E-state index in [0.717, 1.165) is 32.3 Å². The van der Waals surface area contributed by atoms with Crippen molar-refractivity contribution in [3.05, 3.63) is 56.7 Å². The summed E-state index contributed by atoms with van der Waals surface area (Å²) in [5, 5.41) is 5.90. The summed E-state index contributed by atoms with van der Waals surface area (Å²) in [5.74, 6) is -0.285. The molecule has 0 saturated heterocycles. The van der Waals surface area contributed by atoms with Crippen LogP contribution in [0.2, 0.25) is 0 Å². The Morgan fingerprint density at radius 2 is 1.96 bits per heavy atom. The first-order chi connectivity index (χ1) is 12.2. The quantitative estimate of drug-likeness (QED) is 0.699. The maximum atomic E-state index is 12.5. The number of hydrogen-bond donors (Lipinski definition) is 1. The molecule has 1 aromatic carbocycles. The number of carbonyl (C=O) groups is 1. The summed E-state index contributed by atoms with van der Waals surface area (Å²) in [6.45, 7) is 4.14. The molecule has 136 valence electrons. The molecule has 3 aromatic rings. The molecule has 0 atom stereocenters. The SMILES string of the molecule is Cc1nc(-c2ccc(CNC(=O)c3cc(S(C)(=O)=O)ccc3C)s2)cs1. The van der Waals surface area contributed by atoms with E-state index < -0.39 is 9.84 Å². The van der Waals surface area contributed by atoms with Crippen LogP contribution >= 0.6 is 22.7 Å². The molecule has 0 saturated carbocycles. The largest absolute Gasteiger partial charge is 0.347 e. The molecular formula is C18H18N2O3S3. The maximum Gasteiger partial charge on any atom is 0.251 e. The number of sulfone groups is 1. The number of carbonyl (C=O) groups excluding carboxylic acids is 1. The van der Waals surface area contributed by atoms with Crippen LogP contribution in [0.4, 0.5) is 0 Å². The third-order valence-electron chi connectivity index (χ3n) is 3.84. The zero-order valence-electron chi connectivity index (χ0n) is 14.6. The molecule has 0 bridgehead atoms. The molecule has 3 rings (SSSR count). The Kier molecular flexibility index (Phi) is 5.27. The highest BCUT2D eigenvalue weighted by molar-refractivity contribution is 7.90. The van der Waals surface area contributed by atoms with Gasteiger partial charge in [-0.15, -0.1) is 22.7 Å². The number of thiophene rings is 1. The number of amides is 1. The molecule has 0 radical (unpaired) electrons. The van der Waals surface area contributed by atoms with E-state index in [0.29, 0.717) is 12.1 Å². The van der Waals surface area contributed by atoms with Gasteiger partial charge in [-0.2, -0.15) is 0 Å². The molecule has 0 fully saturated rings. The van der Waals surface area contributed by atoms with Gasteiger partial charge in [0, 0.05) is 22.1 Å². The second-order valence-electron chi connectivity index (χ2n) is 5.95. The van der Waals surface area contributed by atoms with E-state index in [2.05, 4.69) is 10.3 Å². The van der Waals surface area contributed by atoms with E-state index in [9.17, 15) is 13.2 Å². The van der Waals surface area contributed by atoms with Crippen LogP contribution in [0.5, 0.6) is 0 Å². The predicted octanol–water partition coefficient (Wildman–Crippen LogP) is 3.82. The predicted molar refractivity (Wildman–Crippen MR) is 106 cm³/mol. The van der Waals surface area contributed by atoms with Crippen LogP contribution in [0, 0.1) is 13.8 Å². The molecule has 26 heavy (non-hydrogen) atoms. The average molecular weight is 407 g/mol. The van der Waals surface area contributed by atoms with Gasteiger partial charge >= 0.3 is 0 Å². The van der Waals surface area contributed by atoms with E-state index >= 15 is 0 Å². The van der Waals surface area contributed by atoms with Crippen LogP contribution in [0.3, 0.4) is 0 Å². The monoisotopic (exact) mass is 406 g/mol. The molecule has 2 heterocycles. The number of thiazole rings is 1. The molecule has 2 aromatic heterocycles. The van der Waals surface area contributed by atoms with Crippen LogP contribution in [0.15, 0.2) is 40.6 Å². The number of hydrogen-bond acceptors (Lipinski definition) is 6. The lowest BCUT2D eigenvalue weighted by atomic mass is 10.1. The molecule has 0 aliphatic rings. The summed E-state index contributed by atoms with van der Waals surface area (Å²) < 4.78 is 23.4. The van der Waals surface area contributed by atoms with Crippen molar-refractivity contribution in [3.8, 4) is 10.6 Å². The Morgan fingerprint density at radius 1 is 1.19 bits per heavy atom. The number of nitrogens with zero attached hydrogens (tertiary/aromatic N) is 1. The van der Waals surface area contributed by atoms with Gasteiger partial charge in [-0.05, 0) is 43.7 Å². The minimum atomic E-state index is -3.35. The van der Waals surface area contributed by atoms with Gasteiger partial charge in [0.2, 0.25) is 0 Å². The van der Waals surface area contributed by atoms with Gasteiger partial charge in [0.25, 0.3) is 5.91 Å². The Bertz CT molecular complexity index is 1070. The van der Waals surface area contributed by atoms with E-state index in [-0.39, 0.29) is 10.8 Å². The third-order valence-corrected chi connectivity index (χ3v) is 6.83. The highest BCUT2D eigenvalue weighted by Crippen LogP contribution is 2.29. The fraction of sp³-hybridized carbons (Fsp3) is 0.222. The Labute approximate surface area is 160 Å². The Hall–Kier alpha value is -2.03. The summed E-state index contributed by atoms with van der Waals surface area (Å²) in [6.07, 6.45) is 1.13. The summed E-state index contributed by atoms with van der Waals surface area (Å²) >= 11 is 3.19. The zero-order valence-corrected chi connectivity index (χ0v) is 17.0. The van der Waals surface area contributed by atoms with Gasteiger partial charge in [-0.1, -0.05) is 6.07 Å². The normalized spacial score (nSPS) is 11.5. The van der Waals surface area contributed by atoms with Gasteiger partial charge in [-0.25, -0.2) is 13.4 Å². The van der Waals surface area contributed by atoms with Gasteiger partial charge in [0.1, 0.15) is 0 Å². The van der Waals surface area contributed by atoms with Gasteiger partial charge < -0.3 is 5.32 Å². The van der Waals surface area contributed by atoms with Crippen molar-refractivity contribution < 1.29 is 13.2 Å². The fourth-order valence-electron chi connectivity index (χ4n) is 2.43. The number of nitrogens with one attached hydrogen (secondary N) is 1. The molecule has 5 nitrogen and oxygen atoms in total. The molecule has 1 N–H and O–H groups in total. The second-order valence-corrected chi connectivity index (χ2v) is 10.2. The van der Waals surface area contributed by atoms with Gasteiger partial charge in [0.05, 0.1) is 27.0 Å². The molecule has 0 unspecified atom stereocenters. The van der Waals surface area contributed by atoms with E-state index in [1.165, 1.54) is 12.1 Å². The summed E-state index contributed by atoms with van der Waals surface area (Å²) in [5.41, 5.74) is 2.06. The van der Waals surface area contributed by atoms with E-state index in [1.54, 1.807) is 35.7 Å². The summed E-state index contributed by atoms with van der Waals surface area (Å²) in [6, 6.07) is 8.56. The fourth-order valence-corrected chi connectivity index (χ4v) is 4.67. The van der Waals surface area contributed by atoms with E-state index in [4.69, 9.17) is 0 Å². The molecule has 0 aliphatic carbocycles. The minimum absolute atomic E-state index is 0.144. The van der Waals surface area contributed by atoms with Crippen molar-refractivity contribution in [2.24, 2.45) is 0 Å². The number of aromatic nitrogens is 1. The number of rotatable bonds is 5. The van der Waals surface area contributed by atoms with Crippen LogP contribution in [0.1, 0.15) is 25.8 Å². The second kappa shape index (κ2) is 7.30. The van der Waals surface area contributed by atoms with Crippen molar-refractivity contribution in [1.29, 1.82) is 0 Å². The first kappa shape index (κ1) is 18.8. The van der Waals surface area contributed by atoms with Crippen LogP contribution in [-0.2, 0) is 16.4 Å².